The molecule has 4 aromatic carbocycles. The van der Waals surface area contributed by atoms with E-state index in [0.717, 1.165) is 22.8 Å². The molecule has 0 fully saturated rings. The number of pyridine rings is 1. The zero-order valence-electron chi connectivity index (χ0n) is 21.4. The first-order chi connectivity index (χ1) is 19.2. The van der Waals surface area contributed by atoms with Crippen LogP contribution in [0.3, 0.4) is 0 Å². The second kappa shape index (κ2) is 11.1. The van der Waals surface area contributed by atoms with Gasteiger partial charge in [0, 0.05) is 28.3 Å². The zero-order chi connectivity index (χ0) is 28.3. The number of fused-ring (bicyclic) bond motifs is 1. The van der Waals surface area contributed by atoms with Gasteiger partial charge in [0.2, 0.25) is 0 Å². The lowest BCUT2D eigenvalue weighted by Crippen LogP contribution is -2.07. The van der Waals surface area contributed by atoms with Crippen molar-refractivity contribution in [2.24, 2.45) is 0 Å². The molecular formula is C33H24F3NO3. The van der Waals surface area contributed by atoms with Crippen LogP contribution in [0.2, 0.25) is 0 Å². The highest BCUT2D eigenvalue weighted by molar-refractivity contribution is 6.03. The SMILES string of the molecule is C/C(=C\c1ccc(COc2cccc(-c3c(-c4ccccc4)cnc4c(C(F)(F)F)cccc34)c2)cc1)C(=O)O. The molecule has 0 saturated carbocycles. The topological polar surface area (TPSA) is 59.4 Å². The Bertz CT molecular complexity index is 1710. The summed E-state index contributed by atoms with van der Waals surface area (Å²) >= 11 is 0. The second-order valence-electron chi connectivity index (χ2n) is 9.30. The minimum absolute atomic E-state index is 0.108. The molecular weight excluding hydrogens is 515 g/mol. The normalized spacial score (nSPS) is 11.9. The summed E-state index contributed by atoms with van der Waals surface area (Å²) in [5, 5.41) is 9.46. The molecule has 0 amide bonds. The van der Waals surface area contributed by atoms with Gasteiger partial charge in [0.1, 0.15) is 12.4 Å². The first-order valence-electron chi connectivity index (χ1n) is 12.5. The van der Waals surface area contributed by atoms with Crippen LogP contribution in [-0.2, 0) is 17.6 Å². The summed E-state index contributed by atoms with van der Waals surface area (Å²) in [7, 11) is 0. The highest BCUT2D eigenvalue weighted by Crippen LogP contribution is 2.42. The van der Waals surface area contributed by atoms with Crippen molar-refractivity contribution in [1.29, 1.82) is 0 Å². The van der Waals surface area contributed by atoms with Gasteiger partial charge in [-0.05, 0) is 53.5 Å². The van der Waals surface area contributed by atoms with Crippen molar-refractivity contribution in [2.75, 3.05) is 0 Å². The van der Waals surface area contributed by atoms with Crippen molar-refractivity contribution in [1.82, 2.24) is 4.98 Å². The molecule has 1 heterocycles. The minimum Gasteiger partial charge on any atom is -0.489 e. The Hall–Kier alpha value is -4.91. The van der Waals surface area contributed by atoms with Crippen LogP contribution in [-0.4, -0.2) is 16.1 Å². The number of nitrogens with zero attached hydrogens (tertiary/aromatic N) is 1. The molecule has 0 atom stereocenters. The maximum absolute atomic E-state index is 13.8. The van der Waals surface area contributed by atoms with Crippen molar-refractivity contribution in [3.63, 3.8) is 0 Å². The average Bonchev–Trinajstić information content (AvgIpc) is 2.96. The first-order valence-corrected chi connectivity index (χ1v) is 12.5. The Morgan fingerprint density at radius 2 is 1.60 bits per heavy atom. The van der Waals surface area contributed by atoms with Gasteiger partial charge >= 0.3 is 12.1 Å². The summed E-state index contributed by atoms with van der Waals surface area (Å²) in [6.07, 6.45) is -1.46. The molecule has 4 nitrogen and oxygen atoms in total. The molecule has 5 aromatic rings. The van der Waals surface area contributed by atoms with Gasteiger partial charge in [-0.1, -0.05) is 78.9 Å². The van der Waals surface area contributed by atoms with Crippen LogP contribution in [0.1, 0.15) is 23.6 Å². The standard InChI is InChI=1S/C33H24F3NO3/c1-21(32(38)39)17-22-13-15-23(16-14-22)20-40-26-10-5-9-25(18-26)30-27-11-6-12-29(33(34,35)36)31(27)37-19-28(30)24-7-3-2-4-8-24/h2-19H,20H2,1H3,(H,38,39)/b21-17+. The van der Waals surface area contributed by atoms with Gasteiger partial charge in [-0.2, -0.15) is 13.2 Å². The number of carboxylic acid groups (broad SMARTS) is 1. The lowest BCUT2D eigenvalue weighted by atomic mass is 9.91. The summed E-state index contributed by atoms with van der Waals surface area (Å²) in [6.45, 7) is 1.79. The number of halogens is 3. The smallest absolute Gasteiger partial charge is 0.418 e. The Labute approximate surface area is 229 Å². The van der Waals surface area contributed by atoms with Crippen LogP contribution in [0.4, 0.5) is 13.2 Å². The minimum atomic E-state index is -4.54. The van der Waals surface area contributed by atoms with Crippen LogP contribution in [0.5, 0.6) is 5.75 Å². The van der Waals surface area contributed by atoms with E-state index in [0.29, 0.717) is 27.8 Å². The molecule has 1 N–H and O–H groups in total. The van der Waals surface area contributed by atoms with Crippen molar-refractivity contribution in [3.8, 4) is 28.0 Å². The molecule has 1 aromatic heterocycles. The summed E-state index contributed by atoms with van der Waals surface area (Å²) in [4.78, 5) is 15.3. The van der Waals surface area contributed by atoms with E-state index >= 15 is 0 Å². The Morgan fingerprint density at radius 3 is 2.30 bits per heavy atom. The summed E-state index contributed by atoms with van der Waals surface area (Å²) < 4.78 is 47.5. The number of benzene rings is 4. The van der Waals surface area contributed by atoms with Gasteiger partial charge in [-0.25, -0.2) is 4.79 Å². The van der Waals surface area contributed by atoms with E-state index in [1.807, 2.05) is 72.8 Å². The van der Waals surface area contributed by atoms with E-state index in [9.17, 15) is 18.0 Å². The third kappa shape index (κ3) is 5.73. The first kappa shape index (κ1) is 26.7. The summed E-state index contributed by atoms with van der Waals surface area (Å²) in [5.41, 5.74) is 3.88. The fourth-order valence-corrected chi connectivity index (χ4v) is 4.53. The molecule has 0 bridgehead atoms. The fourth-order valence-electron chi connectivity index (χ4n) is 4.53. The van der Waals surface area contributed by atoms with Crippen molar-refractivity contribution in [2.45, 2.75) is 19.7 Å². The van der Waals surface area contributed by atoms with Gasteiger partial charge < -0.3 is 9.84 Å². The highest BCUT2D eigenvalue weighted by Gasteiger charge is 2.33. The third-order valence-corrected chi connectivity index (χ3v) is 6.52. The number of para-hydroxylation sites is 1. The quantitative estimate of drug-likeness (QED) is 0.210. The van der Waals surface area contributed by atoms with Crippen LogP contribution < -0.4 is 4.74 Å². The number of aliphatic carboxylic acids is 1. The monoisotopic (exact) mass is 539 g/mol. The van der Waals surface area contributed by atoms with Crippen LogP contribution in [0, 0.1) is 0 Å². The second-order valence-corrected chi connectivity index (χ2v) is 9.30. The van der Waals surface area contributed by atoms with E-state index in [1.165, 1.54) is 19.2 Å². The number of alkyl halides is 3. The molecule has 0 aliphatic heterocycles. The van der Waals surface area contributed by atoms with Crippen LogP contribution in [0.15, 0.2) is 109 Å². The number of aromatic nitrogens is 1. The molecule has 0 aliphatic carbocycles. The number of ether oxygens (including phenoxy) is 1. The van der Waals surface area contributed by atoms with Crippen LogP contribution >= 0.6 is 0 Å². The van der Waals surface area contributed by atoms with Crippen molar-refractivity contribution in [3.05, 3.63) is 126 Å². The maximum Gasteiger partial charge on any atom is 0.418 e. The highest BCUT2D eigenvalue weighted by atomic mass is 19.4. The molecule has 0 aliphatic rings. The van der Waals surface area contributed by atoms with Crippen LogP contribution in [0.25, 0.3) is 39.2 Å². The number of hydrogen-bond donors (Lipinski definition) is 1. The fraction of sp³-hybridized carbons (Fsp3) is 0.0909. The van der Waals surface area contributed by atoms with Crippen molar-refractivity contribution < 1.29 is 27.8 Å². The average molecular weight is 540 g/mol. The molecule has 200 valence electrons. The van der Waals surface area contributed by atoms with E-state index < -0.39 is 17.7 Å². The third-order valence-electron chi connectivity index (χ3n) is 6.52. The molecule has 0 spiro atoms. The van der Waals surface area contributed by atoms with Gasteiger partial charge in [0.25, 0.3) is 0 Å². The Balaban J connectivity index is 1.51. The summed E-state index contributed by atoms with van der Waals surface area (Å²) in [6, 6.07) is 28.1. The number of hydrogen-bond acceptors (Lipinski definition) is 3. The lowest BCUT2D eigenvalue weighted by molar-refractivity contribution is -0.136. The van der Waals surface area contributed by atoms with E-state index in [2.05, 4.69) is 4.98 Å². The van der Waals surface area contributed by atoms with Gasteiger partial charge in [0.05, 0.1) is 11.1 Å². The zero-order valence-corrected chi connectivity index (χ0v) is 21.4. The number of carboxylic acids is 1. The van der Waals surface area contributed by atoms with Gasteiger partial charge in [-0.3, -0.25) is 4.98 Å². The van der Waals surface area contributed by atoms with E-state index in [-0.39, 0.29) is 17.7 Å². The van der Waals surface area contributed by atoms with E-state index in [4.69, 9.17) is 9.84 Å². The molecule has 0 unspecified atom stereocenters. The summed E-state index contributed by atoms with van der Waals surface area (Å²) in [5.74, 6) is -0.418. The number of rotatable bonds is 7. The largest absolute Gasteiger partial charge is 0.489 e. The molecule has 0 radical (unpaired) electrons. The van der Waals surface area contributed by atoms with E-state index in [1.54, 1.807) is 18.2 Å². The molecule has 0 saturated heterocycles. The number of carbonyl (C=O) groups is 1. The predicted molar refractivity (Wildman–Crippen MR) is 150 cm³/mol. The van der Waals surface area contributed by atoms with Gasteiger partial charge in [-0.15, -0.1) is 0 Å². The maximum atomic E-state index is 13.8. The predicted octanol–water partition coefficient (Wildman–Crippen LogP) is 8.65. The van der Waals surface area contributed by atoms with Gasteiger partial charge in [0.15, 0.2) is 0 Å². The molecule has 7 heteroatoms. The Morgan fingerprint density at radius 1 is 0.900 bits per heavy atom. The molecule has 5 rings (SSSR count). The lowest BCUT2D eigenvalue weighted by Gasteiger charge is -2.17. The molecule has 40 heavy (non-hydrogen) atoms. The Kier molecular flexibility index (Phi) is 7.38. The van der Waals surface area contributed by atoms with Crippen molar-refractivity contribution >= 4 is 22.9 Å².